The number of nitrogens with zero attached hydrogens (tertiary/aromatic N) is 1. The topological polar surface area (TPSA) is 60.5 Å². The van der Waals surface area contributed by atoms with Gasteiger partial charge in [-0.3, -0.25) is 9.78 Å². The molecule has 2 aromatic carbocycles. The van der Waals surface area contributed by atoms with E-state index in [1.165, 1.54) is 0 Å². The molecule has 0 radical (unpaired) electrons. The van der Waals surface area contributed by atoms with Gasteiger partial charge >= 0.3 is 0 Å². The predicted molar refractivity (Wildman–Crippen MR) is 123 cm³/mol. The number of benzene rings is 2. The number of methoxy groups -OCH3 is 2. The lowest BCUT2D eigenvalue weighted by molar-refractivity contribution is -0.118. The summed E-state index contributed by atoms with van der Waals surface area (Å²) in [6.45, 7) is 4.34. The third-order valence-corrected chi connectivity index (χ3v) is 6.35. The molecule has 3 aromatic rings. The van der Waals surface area contributed by atoms with Gasteiger partial charge in [-0.2, -0.15) is 0 Å². The van der Waals surface area contributed by atoms with Crippen molar-refractivity contribution in [3.63, 3.8) is 0 Å². The molecule has 0 fully saturated rings. The number of hydrogen-bond donors (Lipinski definition) is 1. The monoisotopic (exact) mass is 414 g/mol. The van der Waals surface area contributed by atoms with Crippen molar-refractivity contribution in [2.45, 2.75) is 32.7 Å². The molecule has 5 rings (SSSR count). The molecule has 158 valence electrons. The second-order valence-corrected chi connectivity index (χ2v) is 9.08. The maximum absolute atomic E-state index is 13.4. The minimum atomic E-state index is -0.253. The van der Waals surface area contributed by atoms with E-state index < -0.39 is 0 Å². The molecule has 5 heteroatoms. The van der Waals surface area contributed by atoms with Crippen LogP contribution in [0.5, 0.6) is 11.5 Å². The van der Waals surface area contributed by atoms with Crippen molar-refractivity contribution in [3.8, 4) is 11.5 Å². The number of rotatable bonds is 3. The summed E-state index contributed by atoms with van der Waals surface area (Å²) in [5.74, 6) is 1.52. The number of aromatic nitrogens is 1. The number of carbonyl (C=O) groups is 1. The van der Waals surface area contributed by atoms with Gasteiger partial charge in [-0.05, 0) is 53.3 Å². The Kier molecular flexibility index (Phi) is 4.50. The molecule has 1 N–H and O–H groups in total. The minimum Gasteiger partial charge on any atom is -0.493 e. The van der Waals surface area contributed by atoms with Gasteiger partial charge in [0.2, 0.25) is 0 Å². The first-order valence-corrected chi connectivity index (χ1v) is 10.5. The van der Waals surface area contributed by atoms with Crippen LogP contribution in [0.3, 0.4) is 0 Å². The van der Waals surface area contributed by atoms with Crippen molar-refractivity contribution in [2.24, 2.45) is 5.41 Å². The number of Topliss-reactive ketones (excluding diaryl/α,β-unsaturated/α-hetero) is 1. The third-order valence-electron chi connectivity index (χ3n) is 6.35. The molecular formula is C26H26N2O3. The van der Waals surface area contributed by atoms with Gasteiger partial charge in [0, 0.05) is 29.1 Å². The Labute approximate surface area is 182 Å². The molecule has 0 unspecified atom stereocenters. The first-order chi connectivity index (χ1) is 14.9. The number of anilines is 1. The molecular weight excluding hydrogens is 388 g/mol. The average molecular weight is 415 g/mol. The minimum absolute atomic E-state index is 0.0728. The molecule has 0 saturated carbocycles. The van der Waals surface area contributed by atoms with Crippen LogP contribution in [-0.4, -0.2) is 25.0 Å². The summed E-state index contributed by atoms with van der Waals surface area (Å²) in [6.07, 6.45) is 3.21. The molecule has 1 atom stereocenters. The van der Waals surface area contributed by atoms with E-state index in [1.807, 2.05) is 30.3 Å². The quantitative estimate of drug-likeness (QED) is 0.608. The molecule has 1 aliphatic carbocycles. The second-order valence-electron chi connectivity index (χ2n) is 9.08. The lowest BCUT2D eigenvalue weighted by Crippen LogP contribution is -2.33. The molecule has 31 heavy (non-hydrogen) atoms. The summed E-state index contributed by atoms with van der Waals surface area (Å²) in [7, 11) is 3.25. The van der Waals surface area contributed by atoms with Gasteiger partial charge in [0.05, 0.1) is 31.5 Å². The zero-order chi connectivity index (χ0) is 21.8. The van der Waals surface area contributed by atoms with Crippen molar-refractivity contribution >= 4 is 27.9 Å². The largest absolute Gasteiger partial charge is 0.493 e. The Hall–Kier alpha value is -3.34. The van der Waals surface area contributed by atoms with Crippen molar-refractivity contribution in [1.82, 2.24) is 4.98 Å². The number of nitrogens with one attached hydrogen (secondary N) is 1. The maximum atomic E-state index is 13.4. The van der Waals surface area contributed by atoms with Gasteiger partial charge in [-0.1, -0.05) is 26.0 Å². The first-order valence-electron chi connectivity index (χ1n) is 10.5. The standard InChI is InChI=1S/C26H26N2O3/c1-26(2)13-18-16-8-9-19-17(6-5-11-27-19)25(16)28-24(23(18)20(29)14-26)15-7-10-21(30-3)22(12-15)31-4/h5-12,24,28H,13-14H2,1-4H3/t24-/m0/s1. The molecule has 0 spiro atoms. The molecule has 0 saturated heterocycles. The van der Waals surface area contributed by atoms with Crippen LogP contribution in [0.2, 0.25) is 0 Å². The van der Waals surface area contributed by atoms with Crippen molar-refractivity contribution in [2.75, 3.05) is 19.5 Å². The highest BCUT2D eigenvalue weighted by Crippen LogP contribution is 2.52. The number of allylic oxidation sites excluding steroid dienone is 1. The maximum Gasteiger partial charge on any atom is 0.162 e. The van der Waals surface area contributed by atoms with Gasteiger partial charge in [-0.25, -0.2) is 0 Å². The van der Waals surface area contributed by atoms with Gasteiger partial charge < -0.3 is 14.8 Å². The Morgan fingerprint density at radius 3 is 2.61 bits per heavy atom. The highest BCUT2D eigenvalue weighted by molar-refractivity contribution is 6.11. The molecule has 1 aromatic heterocycles. The molecule has 5 nitrogen and oxygen atoms in total. The van der Waals surface area contributed by atoms with E-state index in [0.29, 0.717) is 17.9 Å². The number of ether oxygens (including phenoxy) is 2. The van der Waals surface area contributed by atoms with Crippen molar-refractivity contribution in [1.29, 1.82) is 0 Å². The van der Waals surface area contributed by atoms with Crippen LogP contribution >= 0.6 is 0 Å². The van der Waals surface area contributed by atoms with Gasteiger partial charge in [0.15, 0.2) is 17.3 Å². The van der Waals surface area contributed by atoms with E-state index in [4.69, 9.17) is 9.47 Å². The van der Waals surface area contributed by atoms with E-state index in [9.17, 15) is 4.79 Å². The van der Waals surface area contributed by atoms with Gasteiger partial charge in [0.25, 0.3) is 0 Å². The lowest BCUT2D eigenvalue weighted by atomic mass is 9.68. The van der Waals surface area contributed by atoms with Crippen LogP contribution in [-0.2, 0) is 4.79 Å². The summed E-state index contributed by atoms with van der Waals surface area (Å²) in [6, 6.07) is 13.8. The molecule has 0 bridgehead atoms. The van der Waals surface area contributed by atoms with Crippen LogP contribution < -0.4 is 14.8 Å². The molecule has 0 amide bonds. The number of fused-ring (bicyclic) bond motifs is 4. The molecule has 1 aliphatic heterocycles. The first kappa shape index (κ1) is 19.6. The Morgan fingerprint density at radius 2 is 1.84 bits per heavy atom. The summed E-state index contributed by atoms with van der Waals surface area (Å²) < 4.78 is 11.0. The highest BCUT2D eigenvalue weighted by atomic mass is 16.5. The van der Waals surface area contributed by atoms with E-state index in [2.05, 4.69) is 36.3 Å². The fourth-order valence-corrected chi connectivity index (χ4v) is 4.97. The van der Waals surface area contributed by atoms with E-state index in [1.54, 1.807) is 20.4 Å². The molecule has 2 heterocycles. The fourth-order valence-electron chi connectivity index (χ4n) is 4.97. The van der Waals surface area contributed by atoms with Crippen LogP contribution in [0.25, 0.3) is 16.5 Å². The normalized spacial score (nSPS) is 19.5. The Balaban J connectivity index is 1.76. The SMILES string of the molecule is COc1ccc([C@@H]2Nc3c(ccc4ncccc34)C3=C2C(=O)CC(C)(C)C3)cc1OC. The Bertz CT molecular complexity index is 1240. The zero-order valence-corrected chi connectivity index (χ0v) is 18.3. The van der Waals surface area contributed by atoms with Crippen LogP contribution in [0, 0.1) is 5.41 Å². The highest BCUT2D eigenvalue weighted by Gasteiger charge is 2.40. The zero-order valence-electron chi connectivity index (χ0n) is 18.3. The van der Waals surface area contributed by atoms with Gasteiger partial charge in [0.1, 0.15) is 0 Å². The summed E-state index contributed by atoms with van der Waals surface area (Å²) >= 11 is 0. The smallest absolute Gasteiger partial charge is 0.162 e. The third kappa shape index (κ3) is 3.16. The predicted octanol–water partition coefficient (Wildman–Crippen LogP) is 5.56. The van der Waals surface area contributed by atoms with Crippen molar-refractivity contribution in [3.05, 3.63) is 65.4 Å². The summed E-state index contributed by atoms with van der Waals surface area (Å²) in [5.41, 5.74) is 5.98. The summed E-state index contributed by atoms with van der Waals surface area (Å²) in [4.78, 5) is 17.9. The summed E-state index contributed by atoms with van der Waals surface area (Å²) in [5, 5.41) is 4.75. The lowest BCUT2D eigenvalue weighted by Gasteiger charge is -2.40. The van der Waals surface area contributed by atoms with E-state index >= 15 is 0 Å². The number of pyridine rings is 1. The van der Waals surface area contributed by atoms with E-state index in [0.717, 1.165) is 45.3 Å². The molecule has 2 aliphatic rings. The average Bonchev–Trinajstić information content (AvgIpc) is 2.77. The van der Waals surface area contributed by atoms with Gasteiger partial charge in [-0.15, -0.1) is 0 Å². The van der Waals surface area contributed by atoms with Crippen LogP contribution in [0.1, 0.15) is 43.9 Å². The van der Waals surface area contributed by atoms with E-state index in [-0.39, 0.29) is 17.2 Å². The number of ketones is 1. The second kappa shape index (κ2) is 7.12. The number of carbonyl (C=O) groups excluding carboxylic acids is 1. The fraction of sp³-hybridized carbons (Fsp3) is 0.308. The number of hydrogen-bond acceptors (Lipinski definition) is 5. The van der Waals surface area contributed by atoms with Crippen LogP contribution in [0.15, 0.2) is 54.2 Å². The van der Waals surface area contributed by atoms with Crippen molar-refractivity contribution < 1.29 is 14.3 Å². The van der Waals surface area contributed by atoms with Crippen LogP contribution in [0.4, 0.5) is 5.69 Å². The Morgan fingerprint density at radius 1 is 1.03 bits per heavy atom.